The van der Waals surface area contributed by atoms with Crippen LogP contribution in [0.3, 0.4) is 0 Å². The van der Waals surface area contributed by atoms with Gasteiger partial charge in [0.05, 0.1) is 17.8 Å². The summed E-state index contributed by atoms with van der Waals surface area (Å²) >= 11 is 1.08. The second-order valence-corrected chi connectivity index (χ2v) is 8.12. The number of amides is 1. The van der Waals surface area contributed by atoms with E-state index in [9.17, 15) is 22.8 Å². The maximum atomic E-state index is 13.0. The number of carbonyl (C=O) groups excluding carboxylic acids is 1. The van der Waals surface area contributed by atoms with E-state index in [1.165, 1.54) is 17.0 Å². The molecule has 10 heteroatoms. The Morgan fingerprint density at radius 2 is 1.75 bits per heavy atom. The topological polar surface area (TPSA) is 79.7 Å². The molecule has 166 valence electrons. The lowest BCUT2D eigenvalue weighted by Crippen LogP contribution is -2.30. The van der Waals surface area contributed by atoms with Crippen LogP contribution in [-0.4, -0.2) is 46.2 Å². The maximum Gasteiger partial charge on any atom is 0.506 e. The van der Waals surface area contributed by atoms with E-state index < -0.39 is 24.0 Å². The van der Waals surface area contributed by atoms with Gasteiger partial charge in [-0.3, -0.25) is 4.79 Å². The smallest absolute Gasteiger partial charge is 0.450 e. The zero-order valence-electron chi connectivity index (χ0n) is 16.5. The molecule has 32 heavy (non-hydrogen) atoms. The van der Waals surface area contributed by atoms with Gasteiger partial charge in [0.25, 0.3) is 5.91 Å². The van der Waals surface area contributed by atoms with Crippen molar-refractivity contribution in [2.75, 3.05) is 13.1 Å². The highest BCUT2D eigenvalue weighted by Gasteiger charge is 2.39. The molecule has 1 aliphatic heterocycles. The fourth-order valence-corrected chi connectivity index (χ4v) is 4.47. The van der Waals surface area contributed by atoms with Gasteiger partial charge in [-0.05, 0) is 17.7 Å². The number of aromatic nitrogens is 1. The average molecular weight is 462 g/mol. The monoisotopic (exact) mass is 462 g/mol. The van der Waals surface area contributed by atoms with Crippen LogP contribution >= 0.6 is 11.3 Å². The zero-order chi connectivity index (χ0) is 22.9. The third-order valence-corrected chi connectivity index (χ3v) is 6.06. The number of nitrogens with zero attached hydrogens (tertiary/aromatic N) is 2. The Balaban J connectivity index is 1.52. The molecule has 3 aromatic rings. The number of thiazole rings is 1. The van der Waals surface area contributed by atoms with Crippen LogP contribution in [0.5, 0.6) is 0 Å². The Morgan fingerprint density at radius 3 is 2.38 bits per heavy atom. The van der Waals surface area contributed by atoms with Gasteiger partial charge in [0.2, 0.25) is 0 Å². The number of halogens is 3. The Bertz CT molecular complexity index is 1120. The van der Waals surface area contributed by atoms with Gasteiger partial charge in [-0.2, -0.15) is 13.2 Å². The highest BCUT2D eigenvalue weighted by atomic mass is 32.1. The molecule has 2 aromatic carbocycles. The van der Waals surface area contributed by atoms with Crippen molar-refractivity contribution in [3.05, 3.63) is 76.1 Å². The molecular weight excluding hydrogens is 445 g/mol. The van der Waals surface area contributed by atoms with Crippen molar-refractivity contribution in [2.45, 2.75) is 18.2 Å². The van der Waals surface area contributed by atoms with E-state index in [0.29, 0.717) is 11.3 Å². The van der Waals surface area contributed by atoms with Gasteiger partial charge in [0.15, 0.2) is 5.01 Å². The van der Waals surface area contributed by atoms with Gasteiger partial charge in [0, 0.05) is 23.4 Å². The number of carboxylic acid groups (broad SMARTS) is 1. The van der Waals surface area contributed by atoms with Crippen LogP contribution < -0.4 is 0 Å². The molecule has 6 nitrogen and oxygen atoms in total. The molecular formula is C22H17F3N2O4S. The Labute approximate surface area is 184 Å². The first-order valence-electron chi connectivity index (χ1n) is 9.59. The van der Waals surface area contributed by atoms with Crippen molar-refractivity contribution >= 4 is 23.4 Å². The van der Waals surface area contributed by atoms with Gasteiger partial charge in [-0.25, -0.2) is 9.78 Å². The van der Waals surface area contributed by atoms with Crippen molar-refractivity contribution in [3.8, 4) is 11.3 Å². The SMILES string of the molecule is O=C(O)O[C@@H]1CN(C(=O)c2nc(-c3ccc(C(F)(F)F)cc3)cs2)C[C@H]1c1ccccc1. The van der Waals surface area contributed by atoms with Gasteiger partial charge >= 0.3 is 12.3 Å². The second-order valence-electron chi connectivity index (χ2n) is 7.26. The molecule has 1 amide bonds. The quantitative estimate of drug-likeness (QED) is 0.544. The van der Waals surface area contributed by atoms with E-state index in [1.54, 1.807) is 5.38 Å². The number of rotatable bonds is 4. The first-order chi connectivity index (χ1) is 15.2. The maximum absolute atomic E-state index is 13.0. The number of likely N-dealkylation sites (tertiary alicyclic amines) is 1. The predicted molar refractivity (Wildman–Crippen MR) is 111 cm³/mol. The normalized spacial score (nSPS) is 18.5. The van der Waals surface area contributed by atoms with E-state index in [4.69, 9.17) is 9.84 Å². The summed E-state index contributed by atoms with van der Waals surface area (Å²) in [5, 5.41) is 10.8. The van der Waals surface area contributed by atoms with Gasteiger partial charge in [-0.1, -0.05) is 42.5 Å². The zero-order valence-corrected chi connectivity index (χ0v) is 17.3. The van der Waals surface area contributed by atoms with Crippen molar-refractivity contribution in [1.29, 1.82) is 0 Å². The van der Waals surface area contributed by atoms with E-state index in [0.717, 1.165) is 29.0 Å². The van der Waals surface area contributed by atoms with E-state index in [-0.39, 0.29) is 29.9 Å². The fourth-order valence-electron chi connectivity index (χ4n) is 3.68. The number of alkyl halides is 3. The average Bonchev–Trinajstić information content (AvgIpc) is 3.41. The number of hydrogen-bond acceptors (Lipinski definition) is 5. The number of carbonyl (C=O) groups is 2. The first kappa shape index (κ1) is 21.8. The summed E-state index contributed by atoms with van der Waals surface area (Å²) in [5.74, 6) is -0.698. The predicted octanol–water partition coefficient (Wildman–Crippen LogP) is 5.13. The van der Waals surface area contributed by atoms with Crippen LogP contribution in [0.15, 0.2) is 60.0 Å². The largest absolute Gasteiger partial charge is 0.506 e. The molecule has 4 rings (SSSR count). The Hall–Kier alpha value is -3.40. The fraction of sp³-hybridized carbons (Fsp3) is 0.227. The summed E-state index contributed by atoms with van der Waals surface area (Å²) in [6.07, 6.45) is -6.56. The molecule has 0 unspecified atom stereocenters. The van der Waals surface area contributed by atoms with Crippen molar-refractivity contribution in [3.63, 3.8) is 0 Å². The summed E-state index contributed by atoms with van der Waals surface area (Å²) in [7, 11) is 0. The lowest BCUT2D eigenvalue weighted by molar-refractivity contribution is -0.137. The molecule has 1 aromatic heterocycles. The molecule has 1 saturated heterocycles. The van der Waals surface area contributed by atoms with E-state index >= 15 is 0 Å². The van der Waals surface area contributed by atoms with Crippen molar-refractivity contribution in [1.82, 2.24) is 9.88 Å². The van der Waals surface area contributed by atoms with Gasteiger partial charge in [-0.15, -0.1) is 11.3 Å². The minimum absolute atomic E-state index is 0.0832. The first-order valence-corrected chi connectivity index (χ1v) is 10.5. The molecule has 2 atom stereocenters. The minimum Gasteiger partial charge on any atom is -0.450 e. The molecule has 2 heterocycles. The highest BCUT2D eigenvalue weighted by Crippen LogP contribution is 2.33. The van der Waals surface area contributed by atoms with E-state index in [2.05, 4.69) is 4.98 Å². The molecule has 0 saturated carbocycles. The highest BCUT2D eigenvalue weighted by molar-refractivity contribution is 7.12. The molecule has 0 bridgehead atoms. The lowest BCUT2D eigenvalue weighted by atomic mass is 9.96. The second kappa shape index (κ2) is 8.62. The van der Waals surface area contributed by atoms with Crippen molar-refractivity contribution in [2.24, 2.45) is 0 Å². The molecule has 0 aliphatic carbocycles. The minimum atomic E-state index is -4.43. The Kier molecular flexibility index (Phi) is 5.88. The summed E-state index contributed by atoms with van der Waals surface area (Å²) in [6, 6.07) is 13.8. The number of ether oxygens (including phenoxy) is 1. The third kappa shape index (κ3) is 4.59. The van der Waals surface area contributed by atoms with Gasteiger partial charge < -0.3 is 14.7 Å². The van der Waals surface area contributed by atoms with Crippen LogP contribution in [0, 0.1) is 0 Å². The standard InChI is InChI=1S/C22H17F3N2O4S/c23-22(24,25)15-8-6-14(7-9-15)17-12-32-19(26-17)20(28)27-10-16(13-4-2-1-3-5-13)18(11-27)31-21(29)30/h1-9,12,16,18H,10-11H2,(H,29,30)/t16-,18+/m0/s1. The Morgan fingerprint density at radius 1 is 1.06 bits per heavy atom. The number of hydrogen-bond donors (Lipinski definition) is 1. The molecule has 1 aliphatic rings. The third-order valence-electron chi connectivity index (χ3n) is 5.23. The van der Waals surface area contributed by atoms with Crippen LogP contribution in [0.25, 0.3) is 11.3 Å². The van der Waals surface area contributed by atoms with Crippen LogP contribution in [0.4, 0.5) is 18.0 Å². The lowest BCUT2D eigenvalue weighted by Gasteiger charge is -2.16. The summed E-state index contributed by atoms with van der Waals surface area (Å²) in [5.41, 5.74) is 0.952. The molecule has 1 fully saturated rings. The van der Waals surface area contributed by atoms with Gasteiger partial charge in [0.1, 0.15) is 6.10 Å². The van der Waals surface area contributed by atoms with Crippen LogP contribution in [0.1, 0.15) is 26.8 Å². The summed E-state index contributed by atoms with van der Waals surface area (Å²) < 4.78 is 43.3. The molecule has 0 radical (unpaired) electrons. The molecule has 1 N–H and O–H groups in total. The summed E-state index contributed by atoms with van der Waals surface area (Å²) in [6.45, 7) is 0.343. The molecule has 0 spiro atoms. The van der Waals surface area contributed by atoms with Crippen LogP contribution in [0.2, 0.25) is 0 Å². The number of benzene rings is 2. The summed E-state index contributed by atoms with van der Waals surface area (Å²) in [4.78, 5) is 29.9. The van der Waals surface area contributed by atoms with Crippen molar-refractivity contribution < 1.29 is 32.6 Å². The van der Waals surface area contributed by atoms with E-state index in [1.807, 2.05) is 30.3 Å². The van der Waals surface area contributed by atoms with Crippen LogP contribution in [-0.2, 0) is 10.9 Å².